The van der Waals surface area contributed by atoms with E-state index in [1.165, 1.54) is 5.56 Å². The summed E-state index contributed by atoms with van der Waals surface area (Å²) in [4.78, 5) is 14.7. The van der Waals surface area contributed by atoms with Crippen LogP contribution in [0.15, 0.2) is 30.3 Å². The molecule has 140 valence electrons. The van der Waals surface area contributed by atoms with Gasteiger partial charge in [0.05, 0.1) is 30.8 Å². The SMILES string of the molecule is CCOC(=O)[C@@H]1CN(Cc2ccccc2)C[C@@H]1[C@@H](CO)OC(C)(C)C. The molecule has 1 aromatic rings. The Labute approximate surface area is 150 Å². The van der Waals surface area contributed by atoms with Crippen molar-refractivity contribution < 1.29 is 19.4 Å². The molecule has 0 radical (unpaired) electrons. The number of carbonyl (C=O) groups excluding carboxylic acids is 1. The van der Waals surface area contributed by atoms with Gasteiger partial charge in [-0.25, -0.2) is 0 Å². The molecular formula is C20H31NO4. The van der Waals surface area contributed by atoms with Gasteiger partial charge in [-0.05, 0) is 33.3 Å². The zero-order valence-corrected chi connectivity index (χ0v) is 15.8. The summed E-state index contributed by atoms with van der Waals surface area (Å²) in [7, 11) is 0. The fourth-order valence-electron chi connectivity index (χ4n) is 3.47. The Bertz CT molecular complexity index is 540. The Balaban J connectivity index is 2.13. The third kappa shape index (κ3) is 5.80. The molecule has 1 saturated heterocycles. The van der Waals surface area contributed by atoms with Gasteiger partial charge in [0.15, 0.2) is 0 Å². The van der Waals surface area contributed by atoms with Gasteiger partial charge in [0.25, 0.3) is 0 Å². The molecule has 0 amide bonds. The van der Waals surface area contributed by atoms with Crippen LogP contribution in [0.2, 0.25) is 0 Å². The number of aliphatic hydroxyl groups excluding tert-OH is 1. The number of benzene rings is 1. The number of ether oxygens (including phenoxy) is 2. The quantitative estimate of drug-likeness (QED) is 0.767. The van der Waals surface area contributed by atoms with Crippen LogP contribution in [0.25, 0.3) is 0 Å². The summed E-state index contributed by atoms with van der Waals surface area (Å²) >= 11 is 0. The summed E-state index contributed by atoms with van der Waals surface area (Å²) in [5.41, 5.74) is 0.836. The van der Waals surface area contributed by atoms with Gasteiger partial charge in [-0.3, -0.25) is 9.69 Å². The lowest BCUT2D eigenvalue weighted by molar-refractivity contribution is -0.155. The van der Waals surface area contributed by atoms with E-state index in [0.717, 1.165) is 6.54 Å². The van der Waals surface area contributed by atoms with Gasteiger partial charge in [0, 0.05) is 25.6 Å². The first-order valence-electron chi connectivity index (χ1n) is 9.05. The van der Waals surface area contributed by atoms with Gasteiger partial charge < -0.3 is 14.6 Å². The predicted molar refractivity (Wildman–Crippen MR) is 97.0 cm³/mol. The molecule has 1 aliphatic heterocycles. The Morgan fingerprint density at radius 2 is 1.96 bits per heavy atom. The minimum absolute atomic E-state index is 0.0769. The maximum atomic E-state index is 12.5. The summed E-state index contributed by atoms with van der Waals surface area (Å²) in [6.45, 7) is 10.1. The zero-order valence-electron chi connectivity index (χ0n) is 15.8. The zero-order chi connectivity index (χ0) is 18.4. The molecule has 0 aromatic heterocycles. The number of esters is 1. The van der Waals surface area contributed by atoms with Crippen LogP contribution in [0.1, 0.15) is 33.3 Å². The normalized spacial score (nSPS) is 22.8. The van der Waals surface area contributed by atoms with Gasteiger partial charge in [0.1, 0.15) is 0 Å². The molecule has 25 heavy (non-hydrogen) atoms. The van der Waals surface area contributed by atoms with Crippen molar-refractivity contribution in [1.82, 2.24) is 4.90 Å². The standard InChI is InChI=1S/C20H31NO4/c1-5-24-19(23)17-13-21(11-15-9-7-6-8-10-15)12-16(17)18(14-22)25-20(2,3)4/h6-10,16-18,22H,5,11-14H2,1-4H3/t16-,17+,18+/m0/s1. The second kappa shape index (κ2) is 8.79. The highest BCUT2D eigenvalue weighted by Crippen LogP contribution is 2.32. The number of aliphatic hydroxyl groups is 1. The first-order valence-corrected chi connectivity index (χ1v) is 9.05. The van der Waals surface area contributed by atoms with Crippen LogP contribution < -0.4 is 0 Å². The Morgan fingerprint density at radius 1 is 1.28 bits per heavy atom. The number of hydrogen-bond acceptors (Lipinski definition) is 5. The van der Waals surface area contributed by atoms with E-state index < -0.39 is 0 Å². The second-order valence-electron chi connectivity index (χ2n) is 7.65. The first kappa shape index (κ1) is 19.9. The molecule has 3 atom stereocenters. The molecule has 1 aromatic carbocycles. The molecule has 0 spiro atoms. The van der Waals surface area contributed by atoms with Gasteiger partial charge in [-0.15, -0.1) is 0 Å². The van der Waals surface area contributed by atoms with Crippen LogP contribution >= 0.6 is 0 Å². The highest BCUT2D eigenvalue weighted by molar-refractivity contribution is 5.73. The maximum Gasteiger partial charge on any atom is 0.310 e. The number of nitrogens with zero attached hydrogens (tertiary/aromatic N) is 1. The monoisotopic (exact) mass is 349 g/mol. The summed E-state index contributed by atoms with van der Waals surface area (Å²) < 4.78 is 11.3. The van der Waals surface area contributed by atoms with Crippen molar-refractivity contribution >= 4 is 5.97 Å². The number of carbonyl (C=O) groups is 1. The van der Waals surface area contributed by atoms with Crippen LogP contribution in [0.5, 0.6) is 0 Å². The van der Waals surface area contributed by atoms with Crippen molar-refractivity contribution in [3.05, 3.63) is 35.9 Å². The Kier molecular flexibility index (Phi) is 6.99. The van der Waals surface area contributed by atoms with E-state index in [0.29, 0.717) is 19.7 Å². The Morgan fingerprint density at radius 3 is 2.52 bits per heavy atom. The van der Waals surface area contributed by atoms with Crippen LogP contribution in [0.3, 0.4) is 0 Å². The van der Waals surface area contributed by atoms with Crippen molar-refractivity contribution in [3.8, 4) is 0 Å². The average molecular weight is 349 g/mol. The summed E-state index contributed by atoms with van der Waals surface area (Å²) in [6.07, 6.45) is -0.379. The number of hydrogen-bond donors (Lipinski definition) is 1. The number of likely N-dealkylation sites (tertiary alicyclic amines) is 1. The second-order valence-corrected chi connectivity index (χ2v) is 7.65. The topological polar surface area (TPSA) is 59.0 Å². The molecule has 1 fully saturated rings. The maximum absolute atomic E-state index is 12.5. The van der Waals surface area contributed by atoms with E-state index in [4.69, 9.17) is 9.47 Å². The highest BCUT2D eigenvalue weighted by atomic mass is 16.5. The third-order valence-electron chi connectivity index (χ3n) is 4.44. The van der Waals surface area contributed by atoms with Crippen molar-refractivity contribution in [2.75, 3.05) is 26.3 Å². The van der Waals surface area contributed by atoms with Gasteiger partial charge in [-0.1, -0.05) is 30.3 Å². The molecule has 1 aliphatic rings. The molecule has 0 bridgehead atoms. The van der Waals surface area contributed by atoms with Crippen molar-refractivity contribution in [2.45, 2.75) is 45.9 Å². The van der Waals surface area contributed by atoms with E-state index in [-0.39, 0.29) is 36.1 Å². The summed E-state index contributed by atoms with van der Waals surface area (Å²) in [5, 5.41) is 9.86. The van der Waals surface area contributed by atoms with Crippen LogP contribution in [-0.4, -0.2) is 54.0 Å². The van der Waals surface area contributed by atoms with Gasteiger partial charge in [0.2, 0.25) is 0 Å². The minimum atomic E-state index is -0.379. The summed E-state index contributed by atoms with van der Waals surface area (Å²) in [6, 6.07) is 10.2. The average Bonchev–Trinajstić information content (AvgIpc) is 2.97. The van der Waals surface area contributed by atoms with E-state index in [9.17, 15) is 9.90 Å². The van der Waals surface area contributed by atoms with Crippen LogP contribution in [0, 0.1) is 11.8 Å². The molecule has 2 rings (SSSR count). The van der Waals surface area contributed by atoms with Gasteiger partial charge >= 0.3 is 5.97 Å². The molecule has 1 N–H and O–H groups in total. The largest absolute Gasteiger partial charge is 0.466 e. The number of rotatable bonds is 7. The molecule has 0 aliphatic carbocycles. The molecule has 0 saturated carbocycles. The van der Waals surface area contributed by atoms with Crippen LogP contribution in [-0.2, 0) is 20.8 Å². The van der Waals surface area contributed by atoms with E-state index in [1.807, 2.05) is 45.9 Å². The van der Waals surface area contributed by atoms with E-state index in [1.54, 1.807) is 0 Å². The lowest BCUT2D eigenvalue weighted by Gasteiger charge is -2.32. The molecule has 5 nitrogen and oxygen atoms in total. The first-order chi connectivity index (χ1) is 11.8. The lowest BCUT2D eigenvalue weighted by Crippen LogP contribution is -2.41. The summed E-state index contributed by atoms with van der Waals surface area (Å²) in [5.74, 6) is -0.547. The Hall–Kier alpha value is -1.43. The fraction of sp³-hybridized carbons (Fsp3) is 0.650. The van der Waals surface area contributed by atoms with Crippen molar-refractivity contribution in [3.63, 3.8) is 0 Å². The lowest BCUT2D eigenvalue weighted by atomic mass is 9.90. The van der Waals surface area contributed by atoms with E-state index in [2.05, 4.69) is 17.0 Å². The molecule has 1 heterocycles. The third-order valence-corrected chi connectivity index (χ3v) is 4.44. The van der Waals surface area contributed by atoms with E-state index >= 15 is 0 Å². The van der Waals surface area contributed by atoms with Crippen molar-refractivity contribution in [1.29, 1.82) is 0 Å². The molecule has 0 unspecified atom stereocenters. The highest BCUT2D eigenvalue weighted by Gasteiger charge is 2.43. The van der Waals surface area contributed by atoms with Crippen molar-refractivity contribution in [2.24, 2.45) is 11.8 Å². The molecular weight excluding hydrogens is 318 g/mol. The predicted octanol–water partition coefficient (Wildman–Crippen LogP) is 2.47. The smallest absolute Gasteiger partial charge is 0.310 e. The molecule has 5 heteroatoms. The van der Waals surface area contributed by atoms with Gasteiger partial charge in [-0.2, -0.15) is 0 Å². The van der Waals surface area contributed by atoms with Crippen LogP contribution in [0.4, 0.5) is 0 Å². The minimum Gasteiger partial charge on any atom is -0.466 e. The fourth-order valence-corrected chi connectivity index (χ4v) is 3.47.